The van der Waals surface area contributed by atoms with Crippen LogP contribution in [0.1, 0.15) is 13.3 Å². The SMILES string of the molecule is COc1cc(OC)cc(N2CC(N)CC(C(C)O)C2)c1. The zero-order valence-corrected chi connectivity index (χ0v) is 12.4. The molecule has 3 unspecified atom stereocenters. The summed E-state index contributed by atoms with van der Waals surface area (Å²) < 4.78 is 10.6. The first-order chi connectivity index (χ1) is 9.53. The van der Waals surface area contributed by atoms with Gasteiger partial charge in [-0.15, -0.1) is 0 Å². The highest BCUT2D eigenvalue weighted by Crippen LogP contribution is 2.31. The second-order valence-electron chi connectivity index (χ2n) is 5.47. The summed E-state index contributed by atoms with van der Waals surface area (Å²) in [7, 11) is 3.28. The summed E-state index contributed by atoms with van der Waals surface area (Å²) in [5.74, 6) is 1.70. The topological polar surface area (TPSA) is 68.0 Å². The van der Waals surface area contributed by atoms with Crippen molar-refractivity contribution in [2.75, 3.05) is 32.2 Å². The van der Waals surface area contributed by atoms with Crippen LogP contribution in [0, 0.1) is 5.92 Å². The summed E-state index contributed by atoms with van der Waals surface area (Å²) in [6.45, 7) is 3.40. The van der Waals surface area contributed by atoms with E-state index < -0.39 is 0 Å². The van der Waals surface area contributed by atoms with Crippen molar-refractivity contribution in [2.24, 2.45) is 11.7 Å². The molecule has 0 spiro atoms. The molecule has 0 aliphatic carbocycles. The molecule has 1 fully saturated rings. The number of ether oxygens (including phenoxy) is 2. The zero-order chi connectivity index (χ0) is 14.7. The lowest BCUT2D eigenvalue weighted by Crippen LogP contribution is -2.49. The Balaban J connectivity index is 2.25. The Morgan fingerprint density at radius 2 is 1.80 bits per heavy atom. The predicted octanol–water partition coefficient (Wildman–Crippen LogP) is 1.24. The third-order valence-electron chi connectivity index (χ3n) is 3.90. The number of aliphatic hydroxyl groups is 1. The third kappa shape index (κ3) is 3.35. The van der Waals surface area contributed by atoms with Crippen LogP contribution in [0.25, 0.3) is 0 Å². The maximum Gasteiger partial charge on any atom is 0.124 e. The number of nitrogens with two attached hydrogens (primary N) is 1. The Morgan fingerprint density at radius 3 is 2.30 bits per heavy atom. The van der Waals surface area contributed by atoms with Gasteiger partial charge in [-0.2, -0.15) is 0 Å². The average molecular weight is 280 g/mol. The Kier molecular flexibility index (Phi) is 4.73. The highest BCUT2D eigenvalue weighted by Gasteiger charge is 2.28. The predicted molar refractivity (Wildman–Crippen MR) is 79.5 cm³/mol. The molecule has 0 radical (unpaired) electrons. The van der Waals surface area contributed by atoms with Crippen LogP contribution in [0.2, 0.25) is 0 Å². The minimum absolute atomic E-state index is 0.0699. The minimum Gasteiger partial charge on any atom is -0.497 e. The normalized spacial score (nSPS) is 24.4. The van der Waals surface area contributed by atoms with E-state index in [4.69, 9.17) is 15.2 Å². The number of hydrogen-bond acceptors (Lipinski definition) is 5. The summed E-state index contributed by atoms with van der Waals surface area (Å²) in [4.78, 5) is 2.19. The molecule has 1 aromatic rings. The molecule has 20 heavy (non-hydrogen) atoms. The van der Waals surface area contributed by atoms with E-state index in [1.165, 1.54) is 0 Å². The van der Waals surface area contributed by atoms with Gasteiger partial charge in [-0.1, -0.05) is 0 Å². The van der Waals surface area contributed by atoms with Crippen molar-refractivity contribution in [3.8, 4) is 11.5 Å². The van der Waals surface area contributed by atoms with Crippen molar-refractivity contribution in [2.45, 2.75) is 25.5 Å². The first-order valence-corrected chi connectivity index (χ1v) is 6.95. The molecule has 5 heteroatoms. The van der Waals surface area contributed by atoms with Crippen molar-refractivity contribution >= 4 is 5.69 Å². The van der Waals surface area contributed by atoms with Gasteiger partial charge in [-0.05, 0) is 13.3 Å². The van der Waals surface area contributed by atoms with Crippen molar-refractivity contribution in [1.82, 2.24) is 0 Å². The number of nitrogens with zero attached hydrogens (tertiary/aromatic N) is 1. The van der Waals surface area contributed by atoms with Crippen molar-refractivity contribution in [3.05, 3.63) is 18.2 Å². The van der Waals surface area contributed by atoms with E-state index >= 15 is 0 Å². The number of benzene rings is 1. The maximum absolute atomic E-state index is 9.83. The van der Waals surface area contributed by atoms with Gasteiger partial charge in [0.05, 0.1) is 20.3 Å². The lowest BCUT2D eigenvalue weighted by molar-refractivity contribution is 0.110. The molecule has 3 atom stereocenters. The summed E-state index contributed by atoms with van der Waals surface area (Å²) in [6.07, 6.45) is 0.506. The van der Waals surface area contributed by atoms with E-state index in [9.17, 15) is 5.11 Å². The van der Waals surface area contributed by atoms with Crippen LogP contribution in [-0.2, 0) is 0 Å². The first kappa shape index (κ1) is 14.9. The zero-order valence-electron chi connectivity index (χ0n) is 12.4. The van der Waals surface area contributed by atoms with E-state index in [2.05, 4.69) is 4.90 Å². The van der Waals surface area contributed by atoms with Crippen LogP contribution in [0.3, 0.4) is 0 Å². The van der Waals surface area contributed by atoms with E-state index in [-0.39, 0.29) is 18.1 Å². The Bertz CT molecular complexity index is 428. The highest BCUT2D eigenvalue weighted by atomic mass is 16.5. The number of piperidine rings is 1. The second kappa shape index (κ2) is 6.33. The summed E-state index contributed by atoms with van der Waals surface area (Å²) in [5, 5.41) is 9.83. The van der Waals surface area contributed by atoms with Gasteiger partial charge in [-0.25, -0.2) is 0 Å². The van der Waals surface area contributed by atoms with Gasteiger partial charge in [0.15, 0.2) is 0 Å². The maximum atomic E-state index is 9.83. The molecule has 1 saturated heterocycles. The lowest BCUT2D eigenvalue weighted by Gasteiger charge is -2.39. The number of methoxy groups -OCH3 is 2. The number of hydrogen-bond donors (Lipinski definition) is 2. The second-order valence-corrected chi connectivity index (χ2v) is 5.47. The van der Waals surface area contributed by atoms with Gasteiger partial charge in [0.2, 0.25) is 0 Å². The molecule has 1 aromatic carbocycles. The van der Waals surface area contributed by atoms with Crippen LogP contribution >= 0.6 is 0 Å². The van der Waals surface area contributed by atoms with Gasteiger partial charge in [0.1, 0.15) is 11.5 Å². The molecule has 0 amide bonds. The number of anilines is 1. The monoisotopic (exact) mass is 280 g/mol. The van der Waals surface area contributed by atoms with Gasteiger partial charge in [0.25, 0.3) is 0 Å². The fourth-order valence-electron chi connectivity index (χ4n) is 2.71. The quantitative estimate of drug-likeness (QED) is 0.868. The van der Waals surface area contributed by atoms with Crippen molar-refractivity contribution in [3.63, 3.8) is 0 Å². The van der Waals surface area contributed by atoms with Gasteiger partial charge < -0.3 is 25.2 Å². The van der Waals surface area contributed by atoms with Crippen LogP contribution in [0.15, 0.2) is 18.2 Å². The standard InChI is InChI=1S/C15H24N2O3/c1-10(18)11-4-12(16)9-17(8-11)13-5-14(19-2)7-15(6-13)20-3/h5-7,10-12,18H,4,8-9,16H2,1-3H3. The fraction of sp³-hybridized carbons (Fsp3) is 0.600. The van der Waals surface area contributed by atoms with E-state index in [1.54, 1.807) is 14.2 Å². The van der Waals surface area contributed by atoms with E-state index in [1.807, 2.05) is 25.1 Å². The van der Waals surface area contributed by atoms with Gasteiger partial charge in [-0.3, -0.25) is 0 Å². The summed E-state index contributed by atoms with van der Waals surface area (Å²) >= 11 is 0. The summed E-state index contributed by atoms with van der Waals surface area (Å²) in [5.41, 5.74) is 7.13. The molecule has 0 bridgehead atoms. The highest BCUT2D eigenvalue weighted by molar-refractivity contribution is 5.56. The average Bonchev–Trinajstić information content (AvgIpc) is 2.45. The minimum atomic E-state index is -0.351. The van der Waals surface area contributed by atoms with Crippen LogP contribution in [0.4, 0.5) is 5.69 Å². The molecule has 0 saturated carbocycles. The smallest absolute Gasteiger partial charge is 0.124 e. The fourth-order valence-corrected chi connectivity index (χ4v) is 2.71. The summed E-state index contributed by atoms with van der Waals surface area (Å²) in [6, 6.07) is 5.86. The van der Waals surface area contributed by atoms with Crippen LogP contribution in [0.5, 0.6) is 11.5 Å². The molecule has 1 aliphatic heterocycles. The Labute approximate surface area is 120 Å². The molecule has 112 valence electrons. The molecule has 2 rings (SSSR count). The van der Waals surface area contributed by atoms with Crippen LogP contribution < -0.4 is 20.1 Å². The Hall–Kier alpha value is -1.46. The molecule has 1 heterocycles. The van der Waals surface area contributed by atoms with Gasteiger partial charge >= 0.3 is 0 Å². The Morgan fingerprint density at radius 1 is 1.20 bits per heavy atom. The largest absolute Gasteiger partial charge is 0.497 e. The van der Waals surface area contributed by atoms with Gasteiger partial charge in [0, 0.05) is 48.9 Å². The molecule has 1 aliphatic rings. The molecule has 3 N–H and O–H groups in total. The van der Waals surface area contributed by atoms with Crippen molar-refractivity contribution < 1.29 is 14.6 Å². The number of aliphatic hydroxyl groups excluding tert-OH is 1. The van der Waals surface area contributed by atoms with Crippen molar-refractivity contribution in [1.29, 1.82) is 0 Å². The lowest BCUT2D eigenvalue weighted by atomic mass is 9.90. The molecule has 0 aromatic heterocycles. The molecular formula is C15H24N2O3. The van der Waals surface area contributed by atoms with E-state index in [0.717, 1.165) is 36.7 Å². The van der Waals surface area contributed by atoms with E-state index in [0.29, 0.717) is 0 Å². The number of rotatable bonds is 4. The first-order valence-electron chi connectivity index (χ1n) is 6.95. The molecular weight excluding hydrogens is 256 g/mol. The molecule has 5 nitrogen and oxygen atoms in total. The third-order valence-corrected chi connectivity index (χ3v) is 3.90. The van der Waals surface area contributed by atoms with Crippen LogP contribution in [-0.4, -0.2) is 44.6 Å².